The molecule has 0 bridgehead atoms. The molecule has 2 nitrogen and oxygen atoms in total. The molecule has 1 saturated heterocycles. The van der Waals surface area contributed by atoms with Gasteiger partial charge in [-0.25, -0.2) is 0 Å². The van der Waals surface area contributed by atoms with E-state index in [1.807, 2.05) is 0 Å². The molecule has 1 aliphatic heterocycles. The van der Waals surface area contributed by atoms with Gasteiger partial charge in [0, 0.05) is 30.9 Å². The lowest BCUT2D eigenvalue weighted by molar-refractivity contribution is 0.324. The Bertz CT molecular complexity index is 459. The van der Waals surface area contributed by atoms with Crippen LogP contribution in [0.15, 0.2) is 24.3 Å². The standard InChI is InChI=1S/C19H32N2/c1-7-15-12-20-17(14(2)3)13-21(15)18-11-9-8-10-16(18)19(4,5)6/h8-11,14-15,17,20H,7,12-13H2,1-6H3. The Balaban J connectivity index is 2.37. The minimum atomic E-state index is 0.188. The van der Waals surface area contributed by atoms with E-state index in [-0.39, 0.29) is 5.41 Å². The topological polar surface area (TPSA) is 15.3 Å². The molecule has 0 aliphatic carbocycles. The molecule has 0 aromatic heterocycles. The molecule has 1 heterocycles. The first-order valence-corrected chi connectivity index (χ1v) is 8.44. The van der Waals surface area contributed by atoms with E-state index in [1.165, 1.54) is 17.7 Å². The molecule has 0 radical (unpaired) electrons. The van der Waals surface area contributed by atoms with E-state index in [1.54, 1.807) is 0 Å². The molecule has 2 rings (SSSR count). The molecule has 2 heteroatoms. The van der Waals surface area contributed by atoms with E-state index in [2.05, 4.69) is 76.0 Å². The maximum Gasteiger partial charge on any atom is 0.0412 e. The van der Waals surface area contributed by atoms with Gasteiger partial charge in [0.25, 0.3) is 0 Å². The zero-order valence-corrected chi connectivity index (χ0v) is 14.6. The smallest absolute Gasteiger partial charge is 0.0412 e. The van der Waals surface area contributed by atoms with Gasteiger partial charge >= 0.3 is 0 Å². The third-order valence-electron chi connectivity index (χ3n) is 4.75. The summed E-state index contributed by atoms with van der Waals surface area (Å²) in [5.74, 6) is 0.673. The summed E-state index contributed by atoms with van der Waals surface area (Å²) in [6.45, 7) is 16.1. The van der Waals surface area contributed by atoms with Gasteiger partial charge in [0.15, 0.2) is 0 Å². The average molecular weight is 288 g/mol. The number of piperazine rings is 1. The molecule has 1 fully saturated rings. The van der Waals surface area contributed by atoms with Crippen molar-refractivity contribution < 1.29 is 0 Å². The highest BCUT2D eigenvalue weighted by atomic mass is 15.2. The largest absolute Gasteiger partial charge is 0.365 e. The lowest BCUT2D eigenvalue weighted by Gasteiger charge is -2.44. The van der Waals surface area contributed by atoms with Crippen LogP contribution in [0.1, 0.15) is 53.5 Å². The summed E-state index contributed by atoms with van der Waals surface area (Å²) in [7, 11) is 0. The average Bonchev–Trinajstić information content (AvgIpc) is 2.45. The first-order valence-electron chi connectivity index (χ1n) is 8.44. The highest BCUT2D eigenvalue weighted by molar-refractivity contribution is 5.57. The number of rotatable bonds is 3. The fraction of sp³-hybridized carbons (Fsp3) is 0.684. The summed E-state index contributed by atoms with van der Waals surface area (Å²) in [6.07, 6.45) is 1.19. The SMILES string of the molecule is CCC1CNC(C(C)C)CN1c1ccccc1C(C)(C)C. The molecule has 1 aliphatic rings. The normalized spacial score (nSPS) is 23.7. The summed E-state index contributed by atoms with van der Waals surface area (Å²) in [5.41, 5.74) is 3.09. The minimum absolute atomic E-state index is 0.188. The number of benzene rings is 1. The predicted molar refractivity (Wildman–Crippen MR) is 93.2 cm³/mol. The number of hydrogen-bond donors (Lipinski definition) is 1. The molecular formula is C19H32N2. The molecule has 2 atom stereocenters. The summed E-state index contributed by atoms with van der Waals surface area (Å²) in [4.78, 5) is 2.65. The Morgan fingerprint density at radius 1 is 1.24 bits per heavy atom. The van der Waals surface area contributed by atoms with E-state index >= 15 is 0 Å². The van der Waals surface area contributed by atoms with Crippen molar-refractivity contribution >= 4 is 5.69 Å². The van der Waals surface area contributed by atoms with Gasteiger partial charge < -0.3 is 10.2 Å². The lowest BCUT2D eigenvalue weighted by atomic mass is 9.84. The highest BCUT2D eigenvalue weighted by Gasteiger charge is 2.31. The quantitative estimate of drug-likeness (QED) is 0.897. The number of nitrogens with zero attached hydrogens (tertiary/aromatic N) is 1. The summed E-state index contributed by atoms with van der Waals surface area (Å²) in [5, 5.41) is 3.74. The fourth-order valence-electron chi connectivity index (χ4n) is 3.29. The van der Waals surface area contributed by atoms with Crippen LogP contribution in [0.5, 0.6) is 0 Å². The van der Waals surface area contributed by atoms with Crippen molar-refractivity contribution in [2.45, 2.75) is 65.5 Å². The zero-order valence-electron chi connectivity index (χ0n) is 14.6. The molecule has 1 aromatic rings. The van der Waals surface area contributed by atoms with Gasteiger partial charge in [-0.05, 0) is 29.4 Å². The van der Waals surface area contributed by atoms with E-state index < -0.39 is 0 Å². The molecule has 118 valence electrons. The van der Waals surface area contributed by atoms with Crippen molar-refractivity contribution in [2.75, 3.05) is 18.0 Å². The Morgan fingerprint density at radius 2 is 1.90 bits per heavy atom. The molecular weight excluding hydrogens is 256 g/mol. The maximum absolute atomic E-state index is 3.74. The molecule has 21 heavy (non-hydrogen) atoms. The predicted octanol–water partition coefficient (Wildman–Crippen LogP) is 4.20. The second kappa shape index (κ2) is 6.39. The Kier molecular flexibility index (Phi) is 4.98. The van der Waals surface area contributed by atoms with Gasteiger partial charge in [-0.2, -0.15) is 0 Å². The molecule has 1 N–H and O–H groups in total. The van der Waals surface area contributed by atoms with Crippen LogP contribution in [0.25, 0.3) is 0 Å². The fourth-order valence-corrected chi connectivity index (χ4v) is 3.29. The zero-order chi connectivity index (χ0) is 15.6. The van der Waals surface area contributed by atoms with Crippen LogP contribution in [-0.2, 0) is 5.41 Å². The van der Waals surface area contributed by atoms with E-state index in [0.717, 1.165) is 13.1 Å². The van der Waals surface area contributed by atoms with E-state index in [9.17, 15) is 0 Å². The number of anilines is 1. The van der Waals surface area contributed by atoms with E-state index in [0.29, 0.717) is 18.0 Å². The number of hydrogen-bond acceptors (Lipinski definition) is 2. The summed E-state index contributed by atoms with van der Waals surface area (Å²) < 4.78 is 0. The van der Waals surface area contributed by atoms with Crippen LogP contribution in [0.3, 0.4) is 0 Å². The van der Waals surface area contributed by atoms with Crippen molar-refractivity contribution in [3.8, 4) is 0 Å². The lowest BCUT2D eigenvalue weighted by Crippen LogP contribution is -2.58. The molecule has 0 amide bonds. The van der Waals surface area contributed by atoms with Gasteiger partial charge in [-0.1, -0.05) is 59.7 Å². The number of nitrogens with one attached hydrogen (secondary N) is 1. The summed E-state index contributed by atoms with van der Waals surface area (Å²) >= 11 is 0. The third-order valence-corrected chi connectivity index (χ3v) is 4.75. The van der Waals surface area contributed by atoms with Gasteiger partial charge in [0.05, 0.1) is 0 Å². The third kappa shape index (κ3) is 3.60. The summed E-state index contributed by atoms with van der Waals surface area (Å²) in [6, 6.07) is 10.2. The van der Waals surface area contributed by atoms with Gasteiger partial charge in [0.1, 0.15) is 0 Å². The van der Waals surface area contributed by atoms with Crippen molar-refractivity contribution in [2.24, 2.45) is 5.92 Å². The monoisotopic (exact) mass is 288 g/mol. The molecule has 1 aromatic carbocycles. The second-order valence-electron chi connectivity index (χ2n) is 7.74. The van der Waals surface area contributed by atoms with Gasteiger partial charge in [0.2, 0.25) is 0 Å². The Labute approximate surface area is 130 Å². The first kappa shape index (κ1) is 16.4. The number of para-hydroxylation sites is 1. The van der Waals surface area contributed by atoms with Crippen molar-refractivity contribution in [3.05, 3.63) is 29.8 Å². The highest BCUT2D eigenvalue weighted by Crippen LogP contribution is 2.34. The minimum Gasteiger partial charge on any atom is -0.365 e. The maximum atomic E-state index is 3.74. The molecule has 0 saturated carbocycles. The Morgan fingerprint density at radius 3 is 2.48 bits per heavy atom. The van der Waals surface area contributed by atoms with Crippen LogP contribution >= 0.6 is 0 Å². The van der Waals surface area contributed by atoms with Crippen molar-refractivity contribution in [1.82, 2.24) is 5.32 Å². The van der Waals surface area contributed by atoms with Crippen LogP contribution in [0.4, 0.5) is 5.69 Å². The van der Waals surface area contributed by atoms with Gasteiger partial charge in [-0.3, -0.25) is 0 Å². The van der Waals surface area contributed by atoms with Crippen LogP contribution in [0.2, 0.25) is 0 Å². The van der Waals surface area contributed by atoms with Crippen LogP contribution in [0, 0.1) is 5.92 Å². The first-order chi connectivity index (χ1) is 9.84. The van der Waals surface area contributed by atoms with Crippen LogP contribution < -0.4 is 10.2 Å². The van der Waals surface area contributed by atoms with Crippen molar-refractivity contribution in [3.63, 3.8) is 0 Å². The Hall–Kier alpha value is -1.02. The van der Waals surface area contributed by atoms with Gasteiger partial charge in [-0.15, -0.1) is 0 Å². The van der Waals surface area contributed by atoms with Crippen molar-refractivity contribution in [1.29, 1.82) is 0 Å². The molecule has 2 unspecified atom stereocenters. The van der Waals surface area contributed by atoms with E-state index in [4.69, 9.17) is 0 Å². The second-order valence-corrected chi connectivity index (χ2v) is 7.74. The molecule has 0 spiro atoms. The van der Waals surface area contributed by atoms with Crippen LogP contribution in [-0.4, -0.2) is 25.2 Å².